The minimum Gasteiger partial charge on any atom is -0.312 e. The molecule has 0 unspecified atom stereocenters. The number of rotatable bonds is 4. The summed E-state index contributed by atoms with van der Waals surface area (Å²) in [5, 5.41) is 7.09. The highest BCUT2D eigenvalue weighted by Crippen LogP contribution is 2.29. The second kappa shape index (κ2) is 5.01. The molecule has 114 valence electrons. The largest absolute Gasteiger partial charge is 0.312 e. The molecule has 2 N–H and O–H groups in total. The van der Waals surface area contributed by atoms with E-state index in [-0.39, 0.29) is 11.1 Å². The molecule has 1 aliphatic heterocycles. The molecule has 0 bridgehead atoms. The Bertz CT molecular complexity index is 409. The molecule has 0 saturated carbocycles. The molecule has 0 amide bonds. The monoisotopic (exact) mass is 290 g/mol. The Kier molecular flexibility index (Phi) is 4.46. The number of hydrogen-bond donors (Lipinski definition) is 2. The lowest BCUT2D eigenvalue weighted by molar-refractivity contribution is 0.145. The van der Waals surface area contributed by atoms with Crippen LogP contribution in [0.1, 0.15) is 54.4 Å². The maximum absolute atomic E-state index is 11.7. The SMILES string of the molecule is CC1(C)CC(NCC(C)(C)S(C)(=O)=O)CC(C)(C)N1. The van der Waals surface area contributed by atoms with Gasteiger partial charge in [-0.1, -0.05) is 0 Å². The fraction of sp³-hybridized carbons (Fsp3) is 1.00. The molecular weight excluding hydrogens is 260 g/mol. The quantitative estimate of drug-likeness (QED) is 0.827. The van der Waals surface area contributed by atoms with Crippen molar-refractivity contribution in [1.82, 2.24) is 10.6 Å². The van der Waals surface area contributed by atoms with Crippen molar-refractivity contribution in [2.75, 3.05) is 12.8 Å². The van der Waals surface area contributed by atoms with Gasteiger partial charge in [0.25, 0.3) is 0 Å². The van der Waals surface area contributed by atoms with Gasteiger partial charge < -0.3 is 10.6 Å². The molecule has 0 atom stereocenters. The van der Waals surface area contributed by atoms with Crippen LogP contribution in [0.4, 0.5) is 0 Å². The number of sulfone groups is 1. The third-order valence-corrected chi connectivity index (χ3v) is 6.16. The highest BCUT2D eigenvalue weighted by molar-refractivity contribution is 7.92. The van der Waals surface area contributed by atoms with Gasteiger partial charge in [0.05, 0.1) is 4.75 Å². The van der Waals surface area contributed by atoms with Crippen molar-refractivity contribution in [2.45, 2.75) is 76.3 Å². The molecule has 1 rings (SSSR count). The maximum atomic E-state index is 11.7. The zero-order chi connectivity index (χ0) is 15.1. The van der Waals surface area contributed by atoms with Gasteiger partial charge in [0.15, 0.2) is 9.84 Å². The van der Waals surface area contributed by atoms with Crippen LogP contribution < -0.4 is 10.6 Å². The fourth-order valence-corrected chi connectivity index (χ4v) is 3.33. The molecule has 4 nitrogen and oxygen atoms in total. The molecule has 0 aromatic heterocycles. The molecule has 19 heavy (non-hydrogen) atoms. The Hall–Kier alpha value is -0.130. The molecule has 1 heterocycles. The van der Waals surface area contributed by atoms with E-state index in [0.29, 0.717) is 12.6 Å². The summed E-state index contributed by atoms with van der Waals surface area (Å²) in [5.41, 5.74) is 0.156. The van der Waals surface area contributed by atoms with Crippen molar-refractivity contribution < 1.29 is 8.42 Å². The van der Waals surface area contributed by atoms with Crippen LogP contribution in [0.2, 0.25) is 0 Å². The predicted octanol–water partition coefficient (Wildman–Crippen LogP) is 1.71. The molecule has 1 saturated heterocycles. The summed E-state index contributed by atoms with van der Waals surface area (Å²) in [6.45, 7) is 12.9. The zero-order valence-electron chi connectivity index (χ0n) is 13.4. The minimum absolute atomic E-state index is 0.0780. The Morgan fingerprint density at radius 2 is 1.58 bits per heavy atom. The Labute approximate surface area is 118 Å². The van der Waals surface area contributed by atoms with E-state index in [1.165, 1.54) is 6.26 Å². The first kappa shape index (κ1) is 16.9. The number of piperidine rings is 1. The predicted molar refractivity (Wildman–Crippen MR) is 81.2 cm³/mol. The van der Waals surface area contributed by atoms with Crippen molar-refractivity contribution in [3.05, 3.63) is 0 Å². The van der Waals surface area contributed by atoms with Crippen molar-refractivity contribution >= 4 is 9.84 Å². The van der Waals surface area contributed by atoms with Crippen molar-refractivity contribution in [3.63, 3.8) is 0 Å². The molecule has 1 fully saturated rings. The lowest BCUT2D eigenvalue weighted by atomic mass is 9.79. The molecule has 0 aliphatic carbocycles. The molecule has 0 spiro atoms. The van der Waals surface area contributed by atoms with Gasteiger partial charge in [-0.3, -0.25) is 0 Å². The van der Waals surface area contributed by atoms with E-state index >= 15 is 0 Å². The van der Waals surface area contributed by atoms with Crippen LogP contribution in [0.3, 0.4) is 0 Å². The van der Waals surface area contributed by atoms with Crippen LogP contribution in [0.15, 0.2) is 0 Å². The topological polar surface area (TPSA) is 58.2 Å². The summed E-state index contributed by atoms with van der Waals surface area (Å²) >= 11 is 0. The summed E-state index contributed by atoms with van der Waals surface area (Å²) in [6, 6.07) is 0.354. The van der Waals surface area contributed by atoms with E-state index in [1.54, 1.807) is 13.8 Å². The van der Waals surface area contributed by atoms with Crippen LogP contribution >= 0.6 is 0 Å². The molecule has 0 aromatic rings. The average molecular weight is 290 g/mol. The van der Waals surface area contributed by atoms with Crippen molar-refractivity contribution in [3.8, 4) is 0 Å². The number of hydrogen-bond acceptors (Lipinski definition) is 4. The highest BCUT2D eigenvalue weighted by atomic mass is 32.2. The van der Waals surface area contributed by atoms with Gasteiger partial charge in [0, 0.05) is 29.9 Å². The highest BCUT2D eigenvalue weighted by Gasteiger charge is 2.39. The standard InChI is InChI=1S/C14H30N2O2S/c1-12(2)8-11(9-13(3,4)16-12)15-10-14(5,6)19(7,17)18/h11,15-16H,8-10H2,1-7H3. The van der Waals surface area contributed by atoms with Crippen molar-refractivity contribution in [2.24, 2.45) is 0 Å². The first-order valence-electron chi connectivity index (χ1n) is 6.97. The van der Waals surface area contributed by atoms with E-state index in [9.17, 15) is 8.42 Å². The van der Waals surface area contributed by atoms with Gasteiger partial charge in [0.2, 0.25) is 0 Å². The van der Waals surface area contributed by atoms with Crippen LogP contribution in [0.25, 0.3) is 0 Å². The number of nitrogens with one attached hydrogen (secondary N) is 2. The Morgan fingerprint density at radius 1 is 1.16 bits per heavy atom. The maximum Gasteiger partial charge on any atom is 0.153 e. The Morgan fingerprint density at radius 3 is 1.95 bits per heavy atom. The van der Waals surface area contributed by atoms with E-state index in [4.69, 9.17) is 0 Å². The van der Waals surface area contributed by atoms with E-state index in [1.807, 2.05) is 0 Å². The summed E-state index contributed by atoms with van der Waals surface area (Å²) in [6.07, 6.45) is 3.33. The summed E-state index contributed by atoms with van der Waals surface area (Å²) in [4.78, 5) is 0. The third kappa shape index (κ3) is 4.72. The summed E-state index contributed by atoms with van der Waals surface area (Å²) < 4.78 is 22.7. The van der Waals surface area contributed by atoms with E-state index < -0.39 is 14.6 Å². The molecule has 1 aliphatic rings. The van der Waals surface area contributed by atoms with Crippen LogP contribution in [0.5, 0.6) is 0 Å². The first-order chi connectivity index (χ1) is 8.24. The minimum atomic E-state index is -3.04. The van der Waals surface area contributed by atoms with E-state index in [2.05, 4.69) is 38.3 Å². The lowest BCUT2D eigenvalue weighted by Gasteiger charge is -2.47. The van der Waals surface area contributed by atoms with Gasteiger partial charge in [0.1, 0.15) is 0 Å². The smallest absolute Gasteiger partial charge is 0.153 e. The zero-order valence-corrected chi connectivity index (χ0v) is 14.2. The summed E-state index contributed by atoms with van der Waals surface area (Å²) in [5.74, 6) is 0. The van der Waals surface area contributed by atoms with Gasteiger partial charge in [-0.15, -0.1) is 0 Å². The third-order valence-electron chi connectivity index (χ3n) is 4.01. The van der Waals surface area contributed by atoms with Gasteiger partial charge >= 0.3 is 0 Å². The van der Waals surface area contributed by atoms with Crippen molar-refractivity contribution in [1.29, 1.82) is 0 Å². The fourth-order valence-electron chi connectivity index (χ4n) is 2.99. The van der Waals surface area contributed by atoms with Gasteiger partial charge in [-0.25, -0.2) is 8.42 Å². The van der Waals surface area contributed by atoms with Crippen LogP contribution in [-0.4, -0.2) is 43.1 Å². The molecular formula is C14H30N2O2S. The normalized spacial score (nSPS) is 24.4. The second-order valence-electron chi connectivity index (χ2n) is 7.91. The van der Waals surface area contributed by atoms with Gasteiger partial charge in [-0.2, -0.15) is 0 Å². The first-order valence-corrected chi connectivity index (χ1v) is 8.86. The van der Waals surface area contributed by atoms with Crippen LogP contribution in [0, 0.1) is 0 Å². The average Bonchev–Trinajstić information content (AvgIpc) is 2.07. The second-order valence-corrected chi connectivity index (χ2v) is 10.6. The molecule has 5 heteroatoms. The lowest BCUT2D eigenvalue weighted by Crippen LogP contribution is -2.62. The molecule has 0 aromatic carbocycles. The van der Waals surface area contributed by atoms with E-state index in [0.717, 1.165) is 12.8 Å². The molecule has 0 radical (unpaired) electrons. The Balaban J connectivity index is 2.68. The summed E-state index contributed by atoms with van der Waals surface area (Å²) in [7, 11) is -3.04. The van der Waals surface area contributed by atoms with Crippen LogP contribution in [-0.2, 0) is 9.84 Å². The van der Waals surface area contributed by atoms with Gasteiger partial charge in [-0.05, 0) is 54.4 Å².